The van der Waals surface area contributed by atoms with Gasteiger partial charge in [-0.25, -0.2) is 0 Å². The molecule has 0 amide bonds. The van der Waals surface area contributed by atoms with Crippen molar-refractivity contribution < 1.29 is 4.74 Å². The van der Waals surface area contributed by atoms with Crippen LogP contribution in [0.4, 0.5) is 0 Å². The maximum absolute atomic E-state index is 5.73. The second-order valence-electron chi connectivity index (χ2n) is 3.71. The zero-order valence-corrected chi connectivity index (χ0v) is 9.97. The number of ether oxygens (including phenoxy) is 1. The SMILES string of the molecule is Cc1cccc(C)c1OCCC(C)S. The third kappa shape index (κ3) is 3.26. The van der Waals surface area contributed by atoms with Gasteiger partial charge in [-0.3, -0.25) is 0 Å². The molecule has 1 aromatic rings. The molecule has 0 bridgehead atoms. The molecule has 0 radical (unpaired) electrons. The second kappa shape index (κ2) is 5.30. The predicted octanol–water partition coefficient (Wildman–Crippen LogP) is 3.39. The van der Waals surface area contributed by atoms with Crippen molar-refractivity contribution >= 4 is 12.6 Å². The van der Waals surface area contributed by atoms with Crippen LogP contribution in [0.25, 0.3) is 0 Å². The fraction of sp³-hybridized carbons (Fsp3) is 0.500. The van der Waals surface area contributed by atoms with Crippen molar-refractivity contribution in [3.63, 3.8) is 0 Å². The number of para-hydroxylation sites is 1. The minimum Gasteiger partial charge on any atom is -0.493 e. The number of rotatable bonds is 4. The highest BCUT2D eigenvalue weighted by molar-refractivity contribution is 7.80. The summed E-state index contributed by atoms with van der Waals surface area (Å²) in [6, 6.07) is 6.21. The van der Waals surface area contributed by atoms with E-state index in [1.807, 2.05) is 0 Å². The van der Waals surface area contributed by atoms with Crippen molar-refractivity contribution in [2.75, 3.05) is 6.61 Å². The number of hydrogen-bond donors (Lipinski definition) is 1. The van der Waals surface area contributed by atoms with Gasteiger partial charge in [-0.05, 0) is 31.4 Å². The highest BCUT2D eigenvalue weighted by atomic mass is 32.1. The number of hydrogen-bond acceptors (Lipinski definition) is 2. The van der Waals surface area contributed by atoms with Gasteiger partial charge in [0.1, 0.15) is 5.75 Å². The van der Waals surface area contributed by atoms with Gasteiger partial charge >= 0.3 is 0 Å². The Morgan fingerprint density at radius 1 is 1.29 bits per heavy atom. The van der Waals surface area contributed by atoms with Gasteiger partial charge < -0.3 is 4.74 Å². The van der Waals surface area contributed by atoms with Crippen LogP contribution in [0.1, 0.15) is 24.5 Å². The van der Waals surface area contributed by atoms with Gasteiger partial charge in [-0.2, -0.15) is 12.6 Å². The summed E-state index contributed by atoms with van der Waals surface area (Å²) in [6.07, 6.45) is 0.983. The van der Waals surface area contributed by atoms with E-state index in [-0.39, 0.29) is 0 Å². The topological polar surface area (TPSA) is 9.23 Å². The van der Waals surface area contributed by atoms with Gasteiger partial charge in [-0.15, -0.1) is 0 Å². The van der Waals surface area contributed by atoms with Crippen LogP contribution in [0.3, 0.4) is 0 Å². The molecule has 78 valence electrons. The average Bonchev–Trinajstić information content (AvgIpc) is 2.09. The molecule has 1 aromatic carbocycles. The predicted molar refractivity (Wildman–Crippen MR) is 64.5 cm³/mol. The molecule has 0 saturated heterocycles. The van der Waals surface area contributed by atoms with E-state index >= 15 is 0 Å². The third-order valence-electron chi connectivity index (χ3n) is 2.19. The quantitative estimate of drug-likeness (QED) is 0.749. The first-order chi connectivity index (χ1) is 6.61. The molecule has 0 aliphatic carbocycles. The molecular formula is C12H18OS. The summed E-state index contributed by atoms with van der Waals surface area (Å²) in [5.74, 6) is 1.03. The Bertz CT molecular complexity index is 274. The summed E-state index contributed by atoms with van der Waals surface area (Å²) >= 11 is 4.32. The zero-order valence-electron chi connectivity index (χ0n) is 9.08. The van der Waals surface area contributed by atoms with E-state index in [4.69, 9.17) is 4.74 Å². The first-order valence-electron chi connectivity index (χ1n) is 4.98. The van der Waals surface area contributed by atoms with Crippen molar-refractivity contribution in [3.8, 4) is 5.75 Å². The van der Waals surface area contributed by atoms with E-state index in [0.717, 1.165) is 18.8 Å². The van der Waals surface area contributed by atoms with Gasteiger partial charge in [0.2, 0.25) is 0 Å². The molecule has 2 heteroatoms. The molecule has 0 aromatic heterocycles. The molecule has 0 saturated carbocycles. The highest BCUT2D eigenvalue weighted by Gasteiger charge is 2.03. The Morgan fingerprint density at radius 2 is 1.86 bits per heavy atom. The van der Waals surface area contributed by atoms with Crippen molar-refractivity contribution in [3.05, 3.63) is 29.3 Å². The highest BCUT2D eigenvalue weighted by Crippen LogP contribution is 2.22. The van der Waals surface area contributed by atoms with Crippen LogP contribution in [0, 0.1) is 13.8 Å². The van der Waals surface area contributed by atoms with E-state index in [0.29, 0.717) is 5.25 Å². The van der Waals surface area contributed by atoms with Crippen LogP contribution in [0.2, 0.25) is 0 Å². The Kier molecular flexibility index (Phi) is 4.33. The van der Waals surface area contributed by atoms with Crippen LogP contribution in [-0.2, 0) is 0 Å². The third-order valence-corrected chi connectivity index (χ3v) is 2.45. The van der Waals surface area contributed by atoms with Gasteiger partial charge in [0.15, 0.2) is 0 Å². The Morgan fingerprint density at radius 3 is 2.36 bits per heavy atom. The average molecular weight is 210 g/mol. The smallest absolute Gasteiger partial charge is 0.125 e. The van der Waals surface area contributed by atoms with E-state index in [1.165, 1.54) is 11.1 Å². The summed E-state index contributed by atoms with van der Waals surface area (Å²) in [7, 11) is 0. The Hall–Kier alpha value is -0.630. The van der Waals surface area contributed by atoms with Crippen molar-refractivity contribution in [1.29, 1.82) is 0 Å². The van der Waals surface area contributed by atoms with Gasteiger partial charge in [0, 0.05) is 5.25 Å². The summed E-state index contributed by atoms with van der Waals surface area (Å²) in [5.41, 5.74) is 2.41. The first-order valence-corrected chi connectivity index (χ1v) is 5.50. The second-order valence-corrected chi connectivity index (χ2v) is 4.59. The normalized spacial score (nSPS) is 12.6. The lowest BCUT2D eigenvalue weighted by molar-refractivity contribution is 0.307. The summed E-state index contributed by atoms with van der Waals surface area (Å²) < 4.78 is 5.73. The molecule has 1 unspecified atom stereocenters. The Balaban J connectivity index is 2.58. The molecule has 0 fully saturated rings. The van der Waals surface area contributed by atoms with Gasteiger partial charge in [-0.1, -0.05) is 25.1 Å². The minimum absolute atomic E-state index is 0.402. The molecule has 14 heavy (non-hydrogen) atoms. The van der Waals surface area contributed by atoms with E-state index in [9.17, 15) is 0 Å². The summed E-state index contributed by atoms with van der Waals surface area (Å²) in [6.45, 7) is 6.98. The van der Waals surface area contributed by atoms with Crippen molar-refractivity contribution in [2.45, 2.75) is 32.4 Å². The van der Waals surface area contributed by atoms with Crippen molar-refractivity contribution in [2.24, 2.45) is 0 Å². The van der Waals surface area contributed by atoms with E-state index in [2.05, 4.69) is 51.6 Å². The minimum atomic E-state index is 0.402. The lowest BCUT2D eigenvalue weighted by Gasteiger charge is -2.12. The van der Waals surface area contributed by atoms with Crippen LogP contribution >= 0.6 is 12.6 Å². The maximum Gasteiger partial charge on any atom is 0.125 e. The largest absolute Gasteiger partial charge is 0.493 e. The van der Waals surface area contributed by atoms with Gasteiger partial charge in [0.05, 0.1) is 6.61 Å². The fourth-order valence-corrected chi connectivity index (χ4v) is 1.46. The first kappa shape index (κ1) is 11.4. The van der Waals surface area contributed by atoms with Crippen LogP contribution in [-0.4, -0.2) is 11.9 Å². The molecule has 0 spiro atoms. The molecule has 0 N–H and O–H groups in total. The number of benzene rings is 1. The summed E-state index contributed by atoms with van der Waals surface area (Å²) in [5, 5.41) is 0.402. The molecule has 0 aliphatic rings. The molecule has 0 aliphatic heterocycles. The van der Waals surface area contributed by atoms with Crippen LogP contribution < -0.4 is 4.74 Å². The molecule has 1 rings (SSSR count). The lowest BCUT2D eigenvalue weighted by atomic mass is 10.1. The summed E-state index contributed by atoms with van der Waals surface area (Å²) in [4.78, 5) is 0. The monoisotopic (exact) mass is 210 g/mol. The molecular weight excluding hydrogens is 192 g/mol. The number of aryl methyl sites for hydroxylation is 2. The number of thiol groups is 1. The van der Waals surface area contributed by atoms with Crippen LogP contribution in [0.15, 0.2) is 18.2 Å². The standard InChI is InChI=1S/C12H18OS/c1-9-5-4-6-10(2)12(9)13-8-7-11(3)14/h4-6,11,14H,7-8H2,1-3H3. The fourth-order valence-electron chi connectivity index (χ4n) is 1.36. The van der Waals surface area contributed by atoms with Crippen molar-refractivity contribution in [1.82, 2.24) is 0 Å². The van der Waals surface area contributed by atoms with E-state index < -0.39 is 0 Å². The molecule has 0 heterocycles. The molecule has 1 atom stereocenters. The van der Waals surface area contributed by atoms with E-state index in [1.54, 1.807) is 0 Å². The molecule has 1 nitrogen and oxygen atoms in total. The van der Waals surface area contributed by atoms with Crippen LogP contribution in [0.5, 0.6) is 5.75 Å². The maximum atomic E-state index is 5.73. The Labute approximate surface area is 91.9 Å². The zero-order chi connectivity index (χ0) is 10.6. The van der Waals surface area contributed by atoms with Gasteiger partial charge in [0.25, 0.3) is 0 Å². The lowest BCUT2D eigenvalue weighted by Crippen LogP contribution is -2.05.